The Labute approximate surface area is 237 Å². The van der Waals surface area contributed by atoms with Crippen LogP contribution < -0.4 is 20.1 Å². The number of carbonyl (C=O) groups excluding carboxylic acids is 1. The summed E-state index contributed by atoms with van der Waals surface area (Å²) < 4.78 is 7.54. The van der Waals surface area contributed by atoms with E-state index in [1.807, 2.05) is 32.0 Å². The van der Waals surface area contributed by atoms with Gasteiger partial charge >= 0.3 is 0 Å². The number of hydrogen-bond donors (Lipinski definition) is 1. The molecule has 0 fully saturated rings. The van der Waals surface area contributed by atoms with E-state index in [1.54, 1.807) is 66.7 Å². The van der Waals surface area contributed by atoms with E-state index >= 15 is 0 Å². The molecule has 1 N–H and O–H groups in total. The third kappa shape index (κ3) is 5.48. The first-order valence-corrected chi connectivity index (χ1v) is 13.2. The number of furan rings is 1. The molecule has 0 aliphatic heterocycles. The van der Waals surface area contributed by atoms with Crippen molar-refractivity contribution in [1.29, 1.82) is 5.26 Å². The summed E-state index contributed by atoms with van der Waals surface area (Å²) in [6, 6.07) is 25.5. The number of anilines is 1. The molecule has 3 aromatic carbocycles. The fourth-order valence-electron chi connectivity index (χ4n) is 4.22. The van der Waals surface area contributed by atoms with Gasteiger partial charge in [0.1, 0.15) is 22.3 Å². The average Bonchev–Trinajstić information content (AvgIpc) is 3.56. The molecule has 0 bridgehead atoms. The minimum atomic E-state index is -0.648. The summed E-state index contributed by atoms with van der Waals surface area (Å²) in [7, 11) is 0. The van der Waals surface area contributed by atoms with Gasteiger partial charge in [0.15, 0.2) is 5.57 Å². The summed E-state index contributed by atoms with van der Waals surface area (Å²) in [6.07, 6.45) is 1.49. The molecular weight excluding hydrogens is 540 g/mol. The van der Waals surface area contributed by atoms with Gasteiger partial charge in [0, 0.05) is 17.8 Å². The van der Waals surface area contributed by atoms with Crippen LogP contribution in [0.4, 0.5) is 11.4 Å². The van der Waals surface area contributed by atoms with Crippen LogP contribution in [-0.4, -0.2) is 15.4 Å². The lowest BCUT2D eigenvalue weighted by Crippen LogP contribution is -2.32. The number of amides is 1. The number of aromatic nitrogens is 1. The molecule has 2 heterocycles. The van der Waals surface area contributed by atoms with Gasteiger partial charge in [0.2, 0.25) is 0 Å². The Morgan fingerprint density at radius 3 is 2.46 bits per heavy atom. The van der Waals surface area contributed by atoms with Crippen molar-refractivity contribution in [2.45, 2.75) is 13.8 Å². The highest BCUT2D eigenvalue weighted by molar-refractivity contribution is 7.07. The maximum Gasteiger partial charge on any atom is 0.280 e. The quantitative estimate of drug-likeness (QED) is 0.233. The third-order valence-electron chi connectivity index (χ3n) is 6.42. The first kappa shape index (κ1) is 27.1. The van der Waals surface area contributed by atoms with Gasteiger partial charge in [0.05, 0.1) is 20.7 Å². The van der Waals surface area contributed by atoms with E-state index in [-0.39, 0.29) is 32.0 Å². The second kappa shape index (κ2) is 11.3. The standard InChI is InChI=1S/C31H22N4O5S/c1-19-12-13-21(16-20(19)2)33-29(36)25(18-32)31-34(22-8-4-3-5-9-22)30(37)28(41-31)17-23-14-15-27(40-23)24-10-6-7-11-26(24)35(38)39/h3-17H,1-2H3,(H,33,36). The van der Waals surface area contributed by atoms with Crippen LogP contribution in [0, 0.1) is 35.3 Å². The number of hydrogen-bond acceptors (Lipinski definition) is 7. The van der Waals surface area contributed by atoms with Crippen molar-refractivity contribution in [2.75, 3.05) is 5.32 Å². The Kier molecular flexibility index (Phi) is 7.45. The number of nitro benzene ring substituents is 1. The van der Waals surface area contributed by atoms with Crippen molar-refractivity contribution in [2.24, 2.45) is 0 Å². The average molecular weight is 563 g/mol. The van der Waals surface area contributed by atoms with Crippen LogP contribution in [0.15, 0.2) is 94.1 Å². The summed E-state index contributed by atoms with van der Waals surface area (Å²) in [5.41, 5.74) is 2.56. The summed E-state index contributed by atoms with van der Waals surface area (Å²) in [5, 5.41) is 24.3. The molecular formula is C31H22N4O5S. The predicted molar refractivity (Wildman–Crippen MR) is 157 cm³/mol. The molecule has 0 unspecified atom stereocenters. The van der Waals surface area contributed by atoms with Crippen LogP contribution in [0.2, 0.25) is 0 Å². The van der Waals surface area contributed by atoms with Gasteiger partial charge in [-0.3, -0.25) is 24.3 Å². The highest BCUT2D eigenvalue weighted by Gasteiger charge is 2.19. The molecule has 202 valence electrons. The van der Waals surface area contributed by atoms with Crippen molar-refractivity contribution in [3.63, 3.8) is 0 Å². The van der Waals surface area contributed by atoms with Gasteiger partial charge in [-0.15, -0.1) is 11.3 Å². The molecule has 2 aromatic heterocycles. The second-order valence-electron chi connectivity index (χ2n) is 9.11. The lowest BCUT2D eigenvalue weighted by molar-refractivity contribution is -0.384. The van der Waals surface area contributed by atoms with Gasteiger partial charge in [0.25, 0.3) is 17.2 Å². The number of nitro groups is 1. The van der Waals surface area contributed by atoms with Crippen LogP contribution in [-0.2, 0) is 4.79 Å². The monoisotopic (exact) mass is 562 g/mol. The topological polar surface area (TPSA) is 131 Å². The summed E-state index contributed by atoms with van der Waals surface area (Å²) in [4.78, 5) is 37.9. The maximum atomic E-state index is 13.7. The molecule has 10 heteroatoms. The summed E-state index contributed by atoms with van der Waals surface area (Å²) in [5.74, 6) is -0.105. The highest BCUT2D eigenvalue weighted by Crippen LogP contribution is 2.31. The van der Waals surface area contributed by atoms with Gasteiger partial charge < -0.3 is 9.73 Å². The van der Waals surface area contributed by atoms with Crippen LogP contribution >= 0.6 is 11.3 Å². The van der Waals surface area contributed by atoms with Gasteiger partial charge in [-0.05, 0) is 67.4 Å². The molecule has 5 aromatic rings. The molecule has 1 amide bonds. The maximum absolute atomic E-state index is 13.7. The molecule has 0 radical (unpaired) electrons. The third-order valence-corrected chi connectivity index (χ3v) is 7.51. The van der Waals surface area contributed by atoms with E-state index in [0.717, 1.165) is 22.5 Å². The van der Waals surface area contributed by atoms with Crippen LogP contribution in [0.5, 0.6) is 0 Å². The fraction of sp³-hybridized carbons (Fsp3) is 0.0645. The molecule has 41 heavy (non-hydrogen) atoms. The molecule has 0 aliphatic rings. The number of para-hydroxylation sites is 2. The van der Waals surface area contributed by atoms with Crippen molar-refractivity contribution in [3.05, 3.63) is 131 Å². The zero-order chi connectivity index (χ0) is 29.1. The minimum Gasteiger partial charge on any atom is -0.456 e. The molecule has 0 saturated heterocycles. The number of aryl methyl sites for hydroxylation is 2. The molecule has 0 saturated carbocycles. The number of nitrogens with one attached hydrogen (secondary N) is 1. The van der Waals surface area contributed by atoms with E-state index in [2.05, 4.69) is 5.32 Å². The Morgan fingerprint density at radius 1 is 1.02 bits per heavy atom. The van der Waals surface area contributed by atoms with Crippen molar-refractivity contribution in [3.8, 4) is 23.1 Å². The van der Waals surface area contributed by atoms with Crippen LogP contribution in [0.3, 0.4) is 0 Å². The van der Waals surface area contributed by atoms with Crippen molar-refractivity contribution in [1.82, 2.24) is 4.57 Å². The van der Waals surface area contributed by atoms with E-state index < -0.39 is 16.4 Å². The molecule has 0 atom stereocenters. The number of benzene rings is 3. The molecule has 0 aliphatic carbocycles. The predicted octanol–water partition coefficient (Wildman–Crippen LogP) is 4.83. The number of thiazole rings is 1. The second-order valence-corrected chi connectivity index (χ2v) is 10.1. The number of carbonyl (C=O) groups is 1. The first-order valence-electron chi connectivity index (χ1n) is 12.4. The van der Waals surface area contributed by atoms with Gasteiger partial charge in [-0.2, -0.15) is 5.26 Å². The summed E-state index contributed by atoms with van der Waals surface area (Å²) >= 11 is 0.972. The van der Waals surface area contributed by atoms with Crippen LogP contribution in [0.25, 0.3) is 28.7 Å². The van der Waals surface area contributed by atoms with E-state index in [9.17, 15) is 25.0 Å². The Morgan fingerprint density at radius 2 is 1.76 bits per heavy atom. The zero-order valence-corrected chi connectivity index (χ0v) is 22.8. The molecule has 5 rings (SSSR count). The minimum absolute atomic E-state index is 0.110. The highest BCUT2D eigenvalue weighted by atomic mass is 32.1. The molecule has 9 nitrogen and oxygen atoms in total. The summed E-state index contributed by atoms with van der Waals surface area (Å²) in [6.45, 7) is 3.88. The van der Waals surface area contributed by atoms with Crippen LogP contribution in [0.1, 0.15) is 16.9 Å². The van der Waals surface area contributed by atoms with Crippen molar-refractivity contribution >= 4 is 40.3 Å². The Bertz CT molecular complexity index is 2030. The van der Waals surface area contributed by atoms with Gasteiger partial charge in [-0.25, -0.2) is 0 Å². The largest absolute Gasteiger partial charge is 0.456 e. The number of rotatable bonds is 6. The Balaban J connectivity index is 1.66. The first-order chi connectivity index (χ1) is 19.8. The Hall–Kier alpha value is -5.53. The normalized spacial score (nSPS) is 12.1. The molecule has 0 spiro atoms. The van der Waals surface area contributed by atoms with Gasteiger partial charge in [-0.1, -0.05) is 36.4 Å². The number of nitrogens with zero attached hydrogens (tertiary/aromatic N) is 3. The van der Waals surface area contributed by atoms with E-state index in [0.29, 0.717) is 16.9 Å². The lowest BCUT2D eigenvalue weighted by atomic mass is 10.1. The number of nitriles is 1. The van der Waals surface area contributed by atoms with E-state index in [4.69, 9.17) is 4.42 Å². The zero-order valence-electron chi connectivity index (χ0n) is 22.0. The lowest BCUT2D eigenvalue weighted by Gasteiger charge is -2.07. The fourth-order valence-corrected chi connectivity index (χ4v) is 5.30. The SMILES string of the molecule is Cc1ccc(NC(=O)C(C#N)=c2sc(=Cc3ccc(-c4ccccc4[N+](=O)[O-])o3)c(=O)n2-c2ccccc2)cc1C. The van der Waals surface area contributed by atoms with E-state index in [1.165, 1.54) is 16.7 Å². The van der Waals surface area contributed by atoms with Crippen molar-refractivity contribution < 1.29 is 14.1 Å². The smallest absolute Gasteiger partial charge is 0.280 e.